The number of ether oxygens (including phenoxy) is 2. The van der Waals surface area contributed by atoms with Crippen LogP contribution in [-0.4, -0.2) is 50.4 Å². The molecule has 0 saturated heterocycles. The van der Waals surface area contributed by atoms with Gasteiger partial charge in [0.05, 0.1) is 25.4 Å². The fourth-order valence-electron chi connectivity index (χ4n) is 2.10. The number of carbonyl (C=O) groups is 2. The maximum Gasteiger partial charge on any atom is 0.359 e. The molecule has 0 amide bonds. The van der Waals surface area contributed by atoms with Crippen molar-refractivity contribution in [1.29, 1.82) is 0 Å². The van der Waals surface area contributed by atoms with Gasteiger partial charge in [0, 0.05) is 12.8 Å². The summed E-state index contributed by atoms with van der Waals surface area (Å²) in [6, 6.07) is 6.19. The predicted octanol–water partition coefficient (Wildman–Crippen LogP) is 0.908. The molecule has 0 fully saturated rings. The summed E-state index contributed by atoms with van der Waals surface area (Å²) in [5.41, 5.74) is 0.551. The summed E-state index contributed by atoms with van der Waals surface area (Å²) in [5, 5.41) is 0. The van der Waals surface area contributed by atoms with E-state index in [1.54, 1.807) is 12.1 Å². The molecule has 0 N–H and O–H groups in total. The summed E-state index contributed by atoms with van der Waals surface area (Å²) in [7, 11) is -0.900. The highest BCUT2D eigenvalue weighted by atomic mass is 32.2. The molecule has 1 heterocycles. The monoisotopic (exact) mass is 352 g/mol. The molecule has 0 aliphatic carbocycles. The number of sulfone groups is 1. The van der Waals surface area contributed by atoms with E-state index in [2.05, 4.69) is 14.5 Å². The highest BCUT2D eigenvalue weighted by Gasteiger charge is 2.25. The first kappa shape index (κ1) is 17.7. The SMILES string of the molecule is COC(=O)c1ncn(Cc2ccc(S(C)(=O)=O)cc2)c1C(=O)OC. The first-order valence-corrected chi connectivity index (χ1v) is 8.67. The van der Waals surface area contributed by atoms with E-state index in [-0.39, 0.29) is 22.8 Å². The van der Waals surface area contributed by atoms with E-state index in [4.69, 9.17) is 0 Å². The van der Waals surface area contributed by atoms with Crippen LogP contribution in [-0.2, 0) is 25.9 Å². The van der Waals surface area contributed by atoms with Crippen LogP contribution in [0.2, 0.25) is 0 Å². The van der Waals surface area contributed by atoms with Gasteiger partial charge < -0.3 is 14.0 Å². The van der Waals surface area contributed by atoms with Crippen LogP contribution < -0.4 is 0 Å². The number of methoxy groups -OCH3 is 2. The molecule has 8 nitrogen and oxygen atoms in total. The highest BCUT2D eigenvalue weighted by Crippen LogP contribution is 2.15. The molecule has 1 aromatic carbocycles. The second-order valence-electron chi connectivity index (χ2n) is 4.97. The van der Waals surface area contributed by atoms with E-state index in [1.165, 1.54) is 37.2 Å². The molecule has 0 aliphatic heterocycles. The second kappa shape index (κ2) is 6.83. The number of imidazole rings is 1. The number of esters is 2. The van der Waals surface area contributed by atoms with Gasteiger partial charge in [-0.05, 0) is 17.7 Å². The van der Waals surface area contributed by atoms with Crippen LogP contribution in [0, 0.1) is 0 Å². The Kier molecular flexibility index (Phi) is 5.03. The molecule has 128 valence electrons. The number of hydrogen-bond acceptors (Lipinski definition) is 7. The molecule has 2 rings (SSSR count). The van der Waals surface area contributed by atoms with Crippen molar-refractivity contribution in [3.05, 3.63) is 47.5 Å². The number of aromatic nitrogens is 2. The van der Waals surface area contributed by atoms with Crippen molar-refractivity contribution in [2.45, 2.75) is 11.4 Å². The van der Waals surface area contributed by atoms with Crippen molar-refractivity contribution < 1.29 is 27.5 Å². The zero-order chi connectivity index (χ0) is 17.9. The van der Waals surface area contributed by atoms with Crippen LogP contribution in [0.15, 0.2) is 35.5 Å². The number of carbonyl (C=O) groups excluding carboxylic acids is 2. The molecule has 1 aromatic heterocycles. The van der Waals surface area contributed by atoms with Crippen LogP contribution in [0.25, 0.3) is 0 Å². The lowest BCUT2D eigenvalue weighted by Gasteiger charge is -2.08. The fourth-order valence-corrected chi connectivity index (χ4v) is 2.73. The number of benzene rings is 1. The van der Waals surface area contributed by atoms with E-state index in [9.17, 15) is 18.0 Å². The molecule has 0 saturated carbocycles. The van der Waals surface area contributed by atoms with Gasteiger partial charge in [0.2, 0.25) is 0 Å². The van der Waals surface area contributed by atoms with Gasteiger partial charge in [0.1, 0.15) is 0 Å². The summed E-state index contributed by atoms with van der Waals surface area (Å²) in [4.78, 5) is 27.7. The minimum Gasteiger partial charge on any atom is -0.464 e. The Bertz CT molecular complexity index is 868. The summed E-state index contributed by atoms with van der Waals surface area (Å²) in [5.74, 6) is -1.47. The Morgan fingerprint density at radius 3 is 2.17 bits per heavy atom. The Hall–Kier alpha value is -2.68. The first-order valence-electron chi connectivity index (χ1n) is 6.78. The molecule has 0 radical (unpaired) electrons. The zero-order valence-electron chi connectivity index (χ0n) is 13.3. The van der Waals surface area contributed by atoms with Crippen molar-refractivity contribution >= 4 is 21.8 Å². The standard InChI is InChI=1S/C15H16N2O6S/c1-22-14(18)12-13(15(19)23-2)17(9-16-12)8-10-4-6-11(7-5-10)24(3,20)21/h4-7,9H,8H2,1-3H3. The van der Waals surface area contributed by atoms with Gasteiger partial charge in [-0.25, -0.2) is 23.0 Å². The number of nitrogens with zero attached hydrogens (tertiary/aromatic N) is 2. The van der Waals surface area contributed by atoms with Crippen molar-refractivity contribution in [1.82, 2.24) is 9.55 Å². The minimum absolute atomic E-state index is 0.0310. The molecular formula is C15H16N2O6S. The third kappa shape index (κ3) is 3.62. The van der Waals surface area contributed by atoms with Crippen LogP contribution in [0.3, 0.4) is 0 Å². The lowest BCUT2D eigenvalue weighted by atomic mass is 10.2. The lowest BCUT2D eigenvalue weighted by molar-refractivity contribution is 0.0544. The normalized spacial score (nSPS) is 11.1. The Labute approximate surface area is 138 Å². The third-order valence-electron chi connectivity index (χ3n) is 3.30. The van der Waals surface area contributed by atoms with Crippen LogP contribution in [0.4, 0.5) is 0 Å². The quantitative estimate of drug-likeness (QED) is 0.737. The second-order valence-corrected chi connectivity index (χ2v) is 6.98. The van der Waals surface area contributed by atoms with Crippen molar-refractivity contribution in [3.8, 4) is 0 Å². The molecular weight excluding hydrogens is 336 g/mol. The molecule has 0 atom stereocenters. The molecule has 0 unspecified atom stereocenters. The van der Waals surface area contributed by atoms with Gasteiger partial charge in [-0.3, -0.25) is 0 Å². The van der Waals surface area contributed by atoms with Crippen molar-refractivity contribution in [2.24, 2.45) is 0 Å². The molecule has 0 bridgehead atoms. The van der Waals surface area contributed by atoms with Crippen LogP contribution in [0.1, 0.15) is 26.5 Å². The molecule has 2 aromatic rings. The molecule has 9 heteroatoms. The van der Waals surface area contributed by atoms with E-state index in [1.807, 2.05) is 0 Å². The van der Waals surface area contributed by atoms with E-state index < -0.39 is 21.8 Å². The van der Waals surface area contributed by atoms with Crippen molar-refractivity contribution in [3.63, 3.8) is 0 Å². The minimum atomic E-state index is -3.28. The van der Waals surface area contributed by atoms with E-state index in [0.717, 1.165) is 11.8 Å². The van der Waals surface area contributed by atoms with Crippen molar-refractivity contribution in [2.75, 3.05) is 20.5 Å². The molecule has 0 spiro atoms. The van der Waals surface area contributed by atoms with Gasteiger partial charge in [-0.15, -0.1) is 0 Å². The van der Waals surface area contributed by atoms with Gasteiger partial charge in [0.15, 0.2) is 21.2 Å². The van der Waals surface area contributed by atoms with E-state index >= 15 is 0 Å². The fraction of sp³-hybridized carbons (Fsp3) is 0.267. The van der Waals surface area contributed by atoms with Gasteiger partial charge in [-0.1, -0.05) is 12.1 Å². The van der Waals surface area contributed by atoms with Gasteiger partial charge >= 0.3 is 11.9 Å². The average molecular weight is 352 g/mol. The van der Waals surface area contributed by atoms with Crippen LogP contribution in [0.5, 0.6) is 0 Å². The van der Waals surface area contributed by atoms with Gasteiger partial charge in [-0.2, -0.15) is 0 Å². The van der Waals surface area contributed by atoms with E-state index in [0.29, 0.717) is 0 Å². The smallest absolute Gasteiger partial charge is 0.359 e. The average Bonchev–Trinajstić information content (AvgIpc) is 2.96. The summed E-state index contributed by atoms with van der Waals surface area (Å²) >= 11 is 0. The topological polar surface area (TPSA) is 105 Å². The Balaban J connectivity index is 2.38. The molecule has 0 aliphatic rings. The maximum absolute atomic E-state index is 11.9. The molecule has 24 heavy (non-hydrogen) atoms. The summed E-state index contributed by atoms with van der Waals surface area (Å²) < 4.78 is 33.7. The largest absolute Gasteiger partial charge is 0.464 e. The first-order chi connectivity index (χ1) is 11.3. The predicted molar refractivity (Wildman–Crippen MR) is 83.6 cm³/mol. The lowest BCUT2D eigenvalue weighted by Crippen LogP contribution is -2.16. The summed E-state index contributed by atoms with van der Waals surface area (Å²) in [6.45, 7) is 0.207. The number of hydrogen-bond donors (Lipinski definition) is 0. The third-order valence-corrected chi connectivity index (χ3v) is 4.43. The van der Waals surface area contributed by atoms with Gasteiger partial charge in [0.25, 0.3) is 0 Å². The summed E-state index contributed by atoms with van der Waals surface area (Å²) in [6.07, 6.45) is 2.44. The van der Waals surface area contributed by atoms with Crippen LogP contribution >= 0.6 is 0 Å². The number of rotatable bonds is 5. The Morgan fingerprint density at radius 2 is 1.67 bits per heavy atom. The maximum atomic E-state index is 11.9. The zero-order valence-corrected chi connectivity index (χ0v) is 14.2. The Morgan fingerprint density at radius 1 is 1.08 bits per heavy atom. The highest BCUT2D eigenvalue weighted by molar-refractivity contribution is 7.90.